The van der Waals surface area contributed by atoms with Gasteiger partial charge in [0, 0.05) is 5.56 Å². The Labute approximate surface area is 75.1 Å². The summed E-state index contributed by atoms with van der Waals surface area (Å²) in [4.78, 5) is 7.45. The van der Waals surface area contributed by atoms with Crippen molar-refractivity contribution < 1.29 is 4.39 Å². The molecule has 1 aromatic heterocycles. The summed E-state index contributed by atoms with van der Waals surface area (Å²) >= 11 is 0. The van der Waals surface area contributed by atoms with Gasteiger partial charge in [0.2, 0.25) is 0 Å². The molecule has 0 fully saturated rings. The van der Waals surface area contributed by atoms with Gasteiger partial charge in [0.05, 0.1) is 6.20 Å². The highest BCUT2D eigenvalue weighted by atomic mass is 19.1. The van der Waals surface area contributed by atoms with E-state index in [9.17, 15) is 4.39 Å². The molecule has 0 atom stereocenters. The fourth-order valence-corrected chi connectivity index (χ4v) is 1.12. The van der Waals surface area contributed by atoms with Crippen molar-refractivity contribution >= 4 is 0 Å². The molecule has 2 nitrogen and oxygen atoms in total. The summed E-state index contributed by atoms with van der Waals surface area (Å²) in [5.74, 6) is -0.395. The van der Waals surface area contributed by atoms with Gasteiger partial charge in [0.1, 0.15) is 12.0 Å². The average molecular weight is 174 g/mol. The molecule has 0 saturated heterocycles. The van der Waals surface area contributed by atoms with Gasteiger partial charge in [-0.1, -0.05) is 30.3 Å². The predicted octanol–water partition coefficient (Wildman–Crippen LogP) is 2.28. The molecule has 2 rings (SSSR count). The van der Waals surface area contributed by atoms with Gasteiger partial charge >= 0.3 is 0 Å². The first-order valence-electron chi connectivity index (χ1n) is 3.89. The van der Waals surface area contributed by atoms with E-state index in [1.165, 1.54) is 6.33 Å². The van der Waals surface area contributed by atoms with Gasteiger partial charge < -0.3 is 0 Å². The Hall–Kier alpha value is -1.77. The van der Waals surface area contributed by atoms with E-state index in [2.05, 4.69) is 9.97 Å². The van der Waals surface area contributed by atoms with E-state index >= 15 is 0 Å². The van der Waals surface area contributed by atoms with Crippen molar-refractivity contribution in [2.45, 2.75) is 0 Å². The van der Waals surface area contributed by atoms with Crippen LogP contribution in [0.25, 0.3) is 11.3 Å². The molecule has 1 aromatic carbocycles. The van der Waals surface area contributed by atoms with Crippen molar-refractivity contribution in [2.24, 2.45) is 0 Å². The van der Waals surface area contributed by atoms with E-state index < -0.39 is 5.82 Å². The highest BCUT2D eigenvalue weighted by Crippen LogP contribution is 2.17. The third kappa shape index (κ3) is 1.54. The highest BCUT2D eigenvalue weighted by molar-refractivity contribution is 5.58. The molecule has 13 heavy (non-hydrogen) atoms. The van der Waals surface area contributed by atoms with Gasteiger partial charge in [-0.25, -0.2) is 14.4 Å². The lowest BCUT2D eigenvalue weighted by Gasteiger charge is -1.99. The molecule has 0 unspecified atom stereocenters. The van der Waals surface area contributed by atoms with Gasteiger partial charge in [-0.3, -0.25) is 0 Å². The second-order valence-electron chi connectivity index (χ2n) is 2.59. The maximum absolute atomic E-state index is 13.2. The molecule has 0 saturated carbocycles. The second-order valence-corrected chi connectivity index (χ2v) is 2.59. The van der Waals surface area contributed by atoms with Crippen LogP contribution in [0.1, 0.15) is 0 Å². The molecule has 0 spiro atoms. The van der Waals surface area contributed by atoms with Crippen molar-refractivity contribution in [3.05, 3.63) is 48.7 Å². The fraction of sp³-hybridized carbons (Fsp3) is 0. The van der Waals surface area contributed by atoms with E-state index in [-0.39, 0.29) is 0 Å². The van der Waals surface area contributed by atoms with E-state index in [4.69, 9.17) is 0 Å². The number of nitrogens with zero attached hydrogens (tertiary/aromatic N) is 2. The van der Waals surface area contributed by atoms with E-state index in [0.717, 1.165) is 11.8 Å². The molecule has 0 radical (unpaired) electrons. The Morgan fingerprint density at radius 1 is 1.08 bits per heavy atom. The van der Waals surface area contributed by atoms with Crippen molar-refractivity contribution in [3.63, 3.8) is 0 Å². The molecule has 2 aromatic rings. The first kappa shape index (κ1) is 7.86. The zero-order valence-electron chi connectivity index (χ0n) is 6.81. The molecular weight excluding hydrogens is 167 g/mol. The molecule has 0 amide bonds. The number of aromatic nitrogens is 2. The van der Waals surface area contributed by atoms with Gasteiger partial charge in [0.25, 0.3) is 0 Å². The first-order valence-corrected chi connectivity index (χ1v) is 3.89. The molecule has 0 aliphatic rings. The Kier molecular flexibility index (Phi) is 2.00. The molecule has 0 aliphatic carbocycles. The van der Waals surface area contributed by atoms with Crippen LogP contribution < -0.4 is 0 Å². The van der Waals surface area contributed by atoms with Crippen molar-refractivity contribution in [1.82, 2.24) is 9.97 Å². The summed E-state index contributed by atoms with van der Waals surface area (Å²) in [5.41, 5.74) is 1.11. The van der Waals surface area contributed by atoms with Crippen LogP contribution in [0.3, 0.4) is 0 Å². The predicted molar refractivity (Wildman–Crippen MR) is 47.4 cm³/mol. The summed E-state index contributed by atoms with van der Waals surface area (Å²) < 4.78 is 13.2. The van der Waals surface area contributed by atoms with Crippen LogP contribution in [0, 0.1) is 5.82 Å². The van der Waals surface area contributed by atoms with Gasteiger partial charge in [-0.2, -0.15) is 0 Å². The van der Waals surface area contributed by atoms with Crippen LogP contribution in [0.4, 0.5) is 4.39 Å². The third-order valence-electron chi connectivity index (χ3n) is 1.71. The normalized spacial score (nSPS) is 9.92. The maximum Gasteiger partial charge on any atom is 0.167 e. The van der Waals surface area contributed by atoms with Gasteiger partial charge in [-0.15, -0.1) is 0 Å². The van der Waals surface area contributed by atoms with Crippen LogP contribution in [-0.2, 0) is 0 Å². The smallest absolute Gasteiger partial charge is 0.167 e. The molecule has 0 bridgehead atoms. The van der Waals surface area contributed by atoms with E-state index in [0.29, 0.717) is 5.69 Å². The lowest BCUT2D eigenvalue weighted by atomic mass is 10.1. The van der Waals surface area contributed by atoms with Crippen molar-refractivity contribution in [1.29, 1.82) is 0 Å². The number of benzene rings is 1. The third-order valence-corrected chi connectivity index (χ3v) is 1.71. The Bertz CT molecular complexity index is 401. The minimum atomic E-state index is -0.395. The van der Waals surface area contributed by atoms with Gasteiger partial charge in [0.15, 0.2) is 5.82 Å². The van der Waals surface area contributed by atoms with Crippen LogP contribution in [0.2, 0.25) is 0 Å². The molecule has 1 heterocycles. The number of halogens is 1. The Morgan fingerprint density at radius 2 is 1.85 bits per heavy atom. The Balaban J connectivity index is 2.54. The van der Waals surface area contributed by atoms with Crippen LogP contribution in [0.5, 0.6) is 0 Å². The average Bonchev–Trinajstić information content (AvgIpc) is 2.20. The summed E-state index contributed by atoms with van der Waals surface area (Å²) in [6.45, 7) is 0. The molecule has 0 N–H and O–H groups in total. The number of hydrogen-bond donors (Lipinski definition) is 0. The summed E-state index contributed by atoms with van der Waals surface area (Å²) in [7, 11) is 0. The Morgan fingerprint density at radius 3 is 2.54 bits per heavy atom. The fourth-order valence-electron chi connectivity index (χ4n) is 1.12. The standard InChI is InChI=1S/C10H7FN2/c11-9-6-12-7-13-10(9)8-4-2-1-3-5-8/h1-7H. The lowest BCUT2D eigenvalue weighted by molar-refractivity contribution is 0.618. The van der Waals surface area contributed by atoms with Crippen LogP contribution in [0.15, 0.2) is 42.9 Å². The number of hydrogen-bond acceptors (Lipinski definition) is 2. The molecule has 3 heteroatoms. The highest BCUT2D eigenvalue weighted by Gasteiger charge is 2.04. The molecule has 0 aliphatic heterocycles. The summed E-state index contributed by atoms with van der Waals surface area (Å²) in [5, 5.41) is 0. The van der Waals surface area contributed by atoms with E-state index in [1.807, 2.05) is 30.3 Å². The summed E-state index contributed by atoms with van der Waals surface area (Å²) in [6, 6.07) is 9.19. The monoisotopic (exact) mass is 174 g/mol. The molecular formula is C10H7FN2. The second kappa shape index (κ2) is 3.31. The van der Waals surface area contributed by atoms with E-state index in [1.54, 1.807) is 0 Å². The SMILES string of the molecule is Fc1cncnc1-c1ccccc1. The zero-order chi connectivity index (χ0) is 9.10. The topological polar surface area (TPSA) is 25.8 Å². The largest absolute Gasteiger partial charge is 0.242 e. The lowest BCUT2D eigenvalue weighted by Crippen LogP contribution is -1.89. The van der Waals surface area contributed by atoms with Crippen molar-refractivity contribution in [3.8, 4) is 11.3 Å². The summed E-state index contributed by atoms with van der Waals surface area (Å²) in [6.07, 6.45) is 2.50. The molecule has 64 valence electrons. The number of rotatable bonds is 1. The van der Waals surface area contributed by atoms with Crippen LogP contribution in [-0.4, -0.2) is 9.97 Å². The quantitative estimate of drug-likeness (QED) is 0.662. The maximum atomic E-state index is 13.2. The minimum absolute atomic E-state index is 0.343. The first-order chi connectivity index (χ1) is 6.38. The van der Waals surface area contributed by atoms with Crippen LogP contribution >= 0.6 is 0 Å². The van der Waals surface area contributed by atoms with Gasteiger partial charge in [-0.05, 0) is 0 Å². The minimum Gasteiger partial charge on any atom is -0.242 e. The zero-order valence-corrected chi connectivity index (χ0v) is 6.81. The van der Waals surface area contributed by atoms with Crippen molar-refractivity contribution in [2.75, 3.05) is 0 Å².